The van der Waals surface area contributed by atoms with Crippen LogP contribution < -0.4 is 16.8 Å². The van der Waals surface area contributed by atoms with Crippen molar-refractivity contribution in [2.75, 3.05) is 19.8 Å². The fourth-order valence-electron chi connectivity index (χ4n) is 5.08. The zero-order chi connectivity index (χ0) is 32.4. The van der Waals surface area contributed by atoms with Crippen LogP contribution in [0.5, 0.6) is 0 Å². The quantitative estimate of drug-likeness (QED) is 0.119. The Labute approximate surface area is 260 Å². The van der Waals surface area contributed by atoms with Gasteiger partial charge in [0.2, 0.25) is 5.91 Å². The van der Waals surface area contributed by atoms with Gasteiger partial charge in [-0.2, -0.15) is 13.2 Å². The molecule has 5 N–H and O–H groups in total. The minimum absolute atomic E-state index is 0.132. The lowest BCUT2D eigenvalue weighted by molar-refractivity contribution is -0.140. The van der Waals surface area contributed by atoms with Crippen molar-refractivity contribution in [3.05, 3.63) is 69.7 Å². The predicted molar refractivity (Wildman–Crippen MR) is 159 cm³/mol. The smallest absolute Gasteiger partial charge is 0.370 e. The first-order chi connectivity index (χ1) is 20.8. The number of hydrogen-bond donors (Lipinski definition) is 3. The van der Waals surface area contributed by atoms with Crippen molar-refractivity contribution in [1.29, 1.82) is 0 Å². The highest BCUT2D eigenvalue weighted by molar-refractivity contribution is 9.10. The van der Waals surface area contributed by atoms with Gasteiger partial charge in [0.25, 0.3) is 5.91 Å². The van der Waals surface area contributed by atoms with Crippen molar-refractivity contribution in [2.24, 2.45) is 22.4 Å². The van der Waals surface area contributed by atoms with Crippen molar-refractivity contribution in [2.45, 2.75) is 56.8 Å². The van der Waals surface area contributed by atoms with Gasteiger partial charge < -0.3 is 21.7 Å². The van der Waals surface area contributed by atoms with E-state index in [0.29, 0.717) is 24.8 Å². The second-order valence-corrected chi connectivity index (χ2v) is 11.5. The van der Waals surface area contributed by atoms with Gasteiger partial charge in [-0.25, -0.2) is 4.39 Å². The van der Waals surface area contributed by atoms with Crippen molar-refractivity contribution < 1.29 is 36.7 Å². The van der Waals surface area contributed by atoms with E-state index in [1.807, 2.05) is 0 Å². The number of carbonyl (C=O) groups is 4. The van der Waals surface area contributed by atoms with Crippen LogP contribution in [0.3, 0.4) is 0 Å². The summed E-state index contributed by atoms with van der Waals surface area (Å²) in [7, 11) is 0. The van der Waals surface area contributed by atoms with Gasteiger partial charge in [-0.15, -0.1) is 0 Å². The summed E-state index contributed by atoms with van der Waals surface area (Å²) in [6.45, 7) is -0.853. The molecular weight excluding hydrogens is 650 g/mol. The monoisotopic (exact) mass is 683 g/mol. The van der Waals surface area contributed by atoms with Crippen LogP contribution in [0.25, 0.3) is 0 Å². The maximum atomic E-state index is 13.9. The van der Waals surface area contributed by atoms with Crippen molar-refractivity contribution in [1.82, 2.24) is 10.2 Å². The van der Waals surface area contributed by atoms with E-state index in [4.69, 9.17) is 11.5 Å². The molecule has 0 spiro atoms. The predicted octanol–water partition coefficient (Wildman–Crippen LogP) is 3.97. The van der Waals surface area contributed by atoms with Crippen molar-refractivity contribution in [3.8, 4) is 0 Å². The third-order valence-electron chi connectivity index (χ3n) is 7.38. The lowest BCUT2D eigenvalue weighted by atomic mass is 9.90. The van der Waals surface area contributed by atoms with E-state index >= 15 is 0 Å². The van der Waals surface area contributed by atoms with Crippen molar-refractivity contribution >= 4 is 45.3 Å². The van der Waals surface area contributed by atoms with E-state index in [2.05, 4.69) is 26.2 Å². The van der Waals surface area contributed by atoms with Gasteiger partial charge >= 0.3 is 6.18 Å². The second kappa shape index (κ2) is 15.8. The highest BCUT2D eigenvalue weighted by atomic mass is 79.9. The van der Waals surface area contributed by atoms with Crippen LogP contribution in [0.4, 0.5) is 17.6 Å². The molecule has 2 amide bonds. The maximum absolute atomic E-state index is 13.9. The van der Waals surface area contributed by atoms with Gasteiger partial charge in [0.1, 0.15) is 12.7 Å². The van der Waals surface area contributed by atoms with Gasteiger partial charge in [0.15, 0.2) is 17.5 Å². The van der Waals surface area contributed by atoms with Crippen LogP contribution in [0.1, 0.15) is 53.6 Å². The number of rotatable bonds is 14. The van der Waals surface area contributed by atoms with Gasteiger partial charge in [-0.3, -0.25) is 24.2 Å². The Morgan fingerprint density at radius 1 is 1.05 bits per heavy atom. The average Bonchev–Trinajstić information content (AvgIpc) is 3.48. The van der Waals surface area contributed by atoms with Gasteiger partial charge in [-0.05, 0) is 67.6 Å². The number of nitrogens with zero attached hydrogens (tertiary/aromatic N) is 2. The normalized spacial score (nSPS) is 16.2. The first-order valence-electron chi connectivity index (χ1n) is 14.0. The molecule has 1 heterocycles. The molecule has 238 valence electrons. The summed E-state index contributed by atoms with van der Waals surface area (Å²) in [5.74, 6) is -3.38. The molecule has 1 fully saturated rings. The first kappa shape index (κ1) is 34.7. The number of guanidine groups is 1. The van der Waals surface area contributed by atoms with Gasteiger partial charge in [0.05, 0.1) is 11.6 Å². The molecule has 1 aliphatic heterocycles. The fourth-order valence-corrected chi connectivity index (χ4v) is 5.35. The maximum Gasteiger partial charge on any atom is 0.416 e. The van der Waals surface area contributed by atoms with Gasteiger partial charge in [0, 0.05) is 41.9 Å². The molecule has 9 nitrogen and oxygen atoms in total. The zero-order valence-corrected chi connectivity index (χ0v) is 25.4. The molecule has 0 aromatic heterocycles. The molecule has 0 unspecified atom stereocenters. The molecule has 14 heteroatoms. The number of alkyl halides is 4. The first-order valence-corrected chi connectivity index (χ1v) is 14.8. The molecule has 44 heavy (non-hydrogen) atoms. The second-order valence-electron chi connectivity index (χ2n) is 10.5. The number of hydrogen-bond acceptors (Lipinski definition) is 5. The Bertz CT molecular complexity index is 1350. The number of nitrogens with one attached hydrogen (secondary N) is 1. The zero-order valence-electron chi connectivity index (χ0n) is 23.8. The minimum Gasteiger partial charge on any atom is -0.370 e. The summed E-state index contributed by atoms with van der Waals surface area (Å²) in [6, 6.07) is 8.50. The molecule has 1 aliphatic rings. The van der Waals surface area contributed by atoms with Crippen LogP contribution in [0.2, 0.25) is 0 Å². The largest absolute Gasteiger partial charge is 0.416 e. The molecule has 0 saturated carbocycles. The standard InChI is InChI=1S/C30H34BrF4N5O4/c31-22-11-7-19(8-12-22)27(43)39-23(15-18-5-9-21(10-6-18)30(33,34)35)28(44)40-14-2-4-24(40)25(41)16-20(26(42)17-32)3-1-13-38-29(36)37/h5-12,20,23-24H,1-4,13-17H2,(H,39,43)(H4,36,37,38)/t20-,23+,24+/m1/s1. The number of carbonyl (C=O) groups excluding carboxylic acids is 4. The minimum atomic E-state index is -4.54. The molecule has 3 rings (SSSR count). The Hall–Kier alpha value is -3.81. The van der Waals surface area contributed by atoms with Crippen molar-refractivity contribution in [3.63, 3.8) is 0 Å². The summed E-state index contributed by atoms with van der Waals surface area (Å²) in [5.41, 5.74) is 10.4. The lowest BCUT2D eigenvalue weighted by Crippen LogP contribution is -2.52. The van der Waals surface area contributed by atoms with E-state index in [1.165, 1.54) is 29.2 Å². The molecule has 1 saturated heterocycles. The van der Waals surface area contributed by atoms with Crippen LogP contribution in [0, 0.1) is 5.92 Å². The summed E-state index contributed by atoms with van der Waals surface area (Å²) >= 11 is 3.29. The topological polar surface area (TPSA) is 148 Å². The van der Waals surface area contributed by atoms with Crippen LogP contribution >= 0.6 is 15.9 Å². The molecule has 2 aromatic carbocycles. The van der Waals surface area contributed by atoms with E-state index in [9.17, 15) is 36.7 Å². The number of aliphatic imine (C=N–C) groups is 1. The third kappa shape index (κ3) is 9.86. The Morgan fingerprint density at radius 2 is 1.70 bits per heavy atom. The van der Waals surface area contributed by atoms with Crippen LogP contribution in [0.15, 0.2) is 58.0 Å². The highest BCUT2D eigenvalue weighted by Gasteiger charge is 2.39. The Balaban J connectivity index is 1.81. The SMILES string of the molecule is NC(N)=NCCC[C@H](CC(=O)[C@@H]1CCCN1C(=O)[C@H](Cc1ccc(C(F)(F)F)cc1)NC(=O)c1ccc(Br)cc1)C(=O)CF. The third-order valence-corrected chi connectivity index (χ3v) is 7.91. The molecule has 0 aliphatic carbocycles. The number of ketones is 2. The molecule has 2 aromatic rings. The summed E-state index contributed by atoms with van der Waals surface area (Å²) < 4.78 is 53.3. The number of likely N-dealkylation sites (tertiary alicyclic amines) is 1. The van der Waals surface area contributed by atoms with E-state index in [1.54, 1.807) is 12.1 Å². The summed E-state index contributed by atoms with van der Waals surface area (Å²) in [4.78, 5) is 57.8. The van der Waals surface area contributed by atoms with Crippen LogP contribution in [-0.2, 0) is 27.0 Å². The number of halogens is 5. The molecule has 3 atom stereocenters. The van der Waals surface area contributed by atoms with E-state index < -0.39 is 59.8 Å². The van der Waals surface area contributed by atoms with E-state index in [-0.39, 0.29) is 43.9 Å². The number of nitrogens with two attached hydrogens (primary N) is 2. The average molecular weight is 685 g/mol. The highest BCUT2D eigenvalue weighted by Crippen LogP contribution is 2.30. The van der Waals surface area contributed by atoms with Gasteiger partial charge in [-0.1, -0.05) is 28.1 Å². The number of amides is 2. The number of Topliss-reactive ketones (excluding diaryl/α,β-unsaturated/α-hetero) is 2. The fraction of sp³-hybridized carbons (Fsp3) is 0.433. The Kier molecular flexibility index (Phi) is 12.4. The molecule has 0 radical (unpaired) electrons. The lowest BCUT2D eigenvalue weighted by Gasteiger charge is -2.29. The molecule has 0 bridgehead atoms. The summed E-state index contributed by atoms with van der Waals surface area (Å²) in [6.07, 6.45) is -3.67. The number of benzene rings is 2. The molecular formula is C30H34BrF4N5O4. The summed E-state index contributed by atoms with van der Waals surface area (Å²) in [5, 5.41) is 2.68. The van der Waals surface area contributed by atoms with Crippen LogP contribution in [-0.4, -0.2) is 66.1 Å². The van der Waals surface area contributed by atoms with E-state index in [0.717, 1.165) is 16.6 Å². The Morgan fingerprint density at radius 3 is 2.30 bits per heavy atom.